The molecule has 0 saturated carbocycles. The minimum Gasteiger partial charge on any atom is -0.370 e. The van der Waals surface area contributed by atoms with Gasteiger partial charge in [0.1, 0.15) is 19.0 Å². The van der Waals surface area contributed by atoms with Crippen LogP contribution in [0.2, 0.25) is 5.02 Å². The Morgan fingerprint density at radius 3 is 3.09 bits per heavy atom. The van der Waals surface area contributed by atoms with E-state index < -0.39 is 0 Å². The first-order valence-electron chi connectivity index (χ1n) is 7.01. The fourth-order valence-corrected chi connectivity index (χ4v) is 2.69. The molecule has 0 bridgehead atoms. The van der Waals surface area contributed by atoms with Crippen molar-refractivity contribution in [3.63, 3.8) is 0 Å². The third-order valence-corrected chi connectivity index (χ3v) is 3.90. The molecule has 2 atom stereocenters. The fraction of sp³-hybridized carbons (Fsp3) is 0.429. The summed E-state index contributed by atoms with van der Waals surface area (Å²) >= 11 is 6.02. The van der Waals surface area contributed by atoms with Gasteiger partial charge in [0.15, 0.2) is 0 Å². The molecule has 3 rings (SSSR count). The number of morpholine rings is 1. The zero-order valence-electron chi connectivity index (χ0n) is 12.1. The Morgan fingerprint density at radius 2 is 2.36 bits per heavy atom. The van der Waals surface area contributed by atoms with Gasteiger partial charge in [-0.05, 0) is 35.0 Å². The van der Waals surface area contributed by atoms with Crippen molar-refractivity contribution in [2.75, 3.05) is 13.2 Å². The van der Waals surface area contributed by atoms with Crippen LogP contribution in [0.25, 0.3) is 0 Å². The number of carbonyl (C=O) groups excluding carboxylic acids is 1. The molecule has 116 valence electrons. The van der Waals surface area contributed by atoms with Crippen LogP contribution in [0, 0.1) is 0 Å². The van der Waals surface area contributed by atoms with Gasteiger partial charge >= 0.3 is 0 Å². The third-order valence-electron chi connectivity index (χ3n) is 3.66. The van der Waals surface area contributed by atoms with Crippen LogP contribution in [-0.2, 0) is 16.1 Å². The highest BCUT2D eigenvalue weighted by Crippen LogP contribution is 2.26. The van der Waals surface area contributed by atoms with E-state index in [4.69, 9.17) is 16.3 Å². The molecule has 1 fully saturated rings. The molecule has 7 nitrogen and oxygen atoms in total. The Balaban J connectivity index is 1.72. The maximum absolute atomic E-state index is 12.4. The number of nitrogens with zero attached hydrogens (tertiary/aromatic N) is 5. The van der Waals surface area contributed by atoms with Gasteiger partial charge in [-0.1, -0.05) is 23.7 Å². The van der Waals surface area contributed by atoms with Crippen molar-refractivity contribution < 1.29 is 9.53 Å². The molecular formula is C14H16ClN5O2. The van der Waals surface area contributed by atoms with E-state index in [2.05, 4.69) is 15.5 Å². The van der Waals surface area contributed by atoms with E-state index in [9.17, 15) is 4.79 Å². The van der Waals surface area contributed by atoms with Gasteiger partial charge in [-0.15, -0.1) is 5.10 Å². The molecule has 1 aliphatic rings. The summed E-state index contributed by atoms with van der Waals surface area (Å²) in [6, 6.07) is 7.53. The van der Waals surface area contributed by atoms with Crippen molar-refractivity contribution in [3.8, 4) is 0 Å². The van der Waals surface area contributed by atoms with Gasteiger partial charge in [0.05, 0.1) is 19.2 Å². The van der Waals surface area contributed by atoms with Crippen LogP contribution in [0.5, 0.6) is 0 Å². The summed E-state index contributed by atoms with van der Waals surface area (Å²) in [6.45, 7) is 3.06. The highest BCUT2D eigenvalue weighted by molar-refractivity contribution is 6.30. The second-order valence-corrected chi connectivity index (χ2v) is 5.72. The molecule has 8 heteroatoms. The zero-order chi connectivity index (χ0) is 15.5. The Kier molecular flexibility index (Phi) is 4.35. The van der Waals surface area contributed by atoms with E-state index in [1.807, 2.05) is 31.2 Å². The third kappa shape index (κ3) is 3.26. The molecule has 1 saturated heterocycles. The minimum atomic E-state index is -0.173. The summed E-state index contributed by atoms with van der Waals surface area (Å²) in [5.41, 5.74) is 0.972. The van der Waals surface area contributed by atoms with E-state index in [1.54, 1.807) is 4.90 Å². The van der Waals surface area contributed by atoms with E-state index in [1.165, 1.54) is 11.0 Å². The Hall–Kier alpha value is -1.99. The van der Waals surface area contributed by atoms with Crippen LogP contribution in [-0.4, -0.2) is 50.2 Å². The molecule has 0 N–H and O–H groups in total. The quantitative estimate of drug-likeness (QED) is 0.852. The first-order valence-corrected chi connectivity index (χ1v) is 7.38. The van der Waals surface area contributed by atoms with E-state index in [0.717, 1.165) is 5.56 Å². The van der Waals surface area contributed by atoms with E-state index in [-0.39, 0.29) is 24.6 Å². The van der Waals surface area contributed by atoms with Gasteiger partial charge in [-0.2, -0.15) is 0 Å². The molecule has 1 aromatic heterocycles. The maximum Gasteiger partial charge on any atom is 0.244 e. The lowest BCUT2D eigenvalue weighted by Gasteiger charge is -2.38. The van der Waals surface area contributed by atoms with Crippen molar-refractivity contribution >= 4 is 17.5 Å². The smallest absolute Gasteiger partial charge is 0.244 e. The van der Waals surface area contributed by atoms with Crippen LogP contribution in [0.15, 0.2) is 30.6 Å². The van der Waals surface area contributed by atoms with Crippen LogP contribution < -0.4 is 0 Å². The Bertz CT molecular complexity index is 648. The van der Waals surface area contributed by atoms with Crippen molar-refractivity contribution in [2.24, 2.45) is 0 Å². The van der Waals surface area contributed by atoms with E-state index >= 15 is 0 Å². The van der Waals surface area contributed by atoms with Gasteiger partial charge in [0.2, 0.25) is 5.91 Å². The predicted molar refractivity (Wildman–Crippen MR) is 79.1 cm³/mol. The number of carbonyl (C=O) groups is 1. The average molecular weight is 322 g/mol. The molecule has 2 heterocycles. The lowest BCUT2D eigenvalue weighted by atomic mass is 10.1. The monoisotopic (exact) mass is 321 g/mol. The number of rotatable bonds is 3. The van der Waals surface area contributed by atoms with Crippen LogP contribution in [0.1, 0.15) is 18.6 Å². The van der Waals surface area contributed by atoms with Crippen molar-refractivity contribution in [1.82, 2.24) is 25.1 Å². The molecule has 1 aromatic carbocycles. The summed E-state index contributed by atoms with van der Waals surface area (Å²) in [5.74, 6) is -0.0323. The highest BCUT2D eigenvalue weighted by atomic mass is 35.5. The second kappa shape index (κ2) is 6.41. The van der Waals surface area contributed by atoms with Gasteiger partial charge in [0.25, 0.3) is 0 Å². The maximum atomic E-state index is 12.4. The summed E-state index contributed by atoms with van der Waals surface area (Å²) in [5, 5.41) is 11.5. The largest absolute Gasteiger partial charge is 0.370 e. The molecule has 0 spiro atoms. The number of hydrogen-bond acceptors (Lipinski definition) is 5. The van der Waals surface area contributed by atoms with Gasteiger partial charge < -0.3 is 9.64 Å². The van der Waals surface area contributed by atoms with Crippen molar-refractivity contribution in [3.05, 3.63) is 41.2 Å². The molecule has 1 aliphatic heterocycles. The number of benzene rings is 1. The van der Waals surface area contributed by atoms with Crippen LogP contribution >= 0.6 is 11.6 Å². The number of tetrazole rings is 1. The SMILES string of the molecule is C[C@H]1CO[C@H](c2cccc(Cl)c2)CN1C(=O)Cn1cnnn1. The zero-order valence-corrected chi connectivity index (χ0v) is 12.8. The average Bonchev–Trinajstić information content (AvgIpc) is 3.00. The number of hydrogen-bond donors (Lipinski definition) is 0. The molecule has 2 aromatic rings. The summed E-state index contributed by atoms with van der Waals surface area (Å²) in [4.78, 5) is 14.2. The summed E-state index contributed by atoms with van der Waals surface area (Å²) in [7, 11) is 0. The van der Waals surface area contributed by atoms with Gasteiger partial charge in [-0.3, -0.25) is 4.79 Å². The van der Waals surface area contributed by atoms with Gasteiger partial charge in [-0.25, -0.2) is 4.68 Å². The Morgan fingerprint density at radius 1 is 1.50 bits per heavy atom. The summed E-state index contributed by atoms with van der Waals surface area (Å²) < 4.78 is 7.26. The van der Waals surface area contributed by atoms with Crippen molar-refractivity contribution in [2.45, 2.75) is 25.6 Å². The molecule has 0 aliphatic carbocycles. The molecule has 1 amide bonds. The molecule has 0 unspecified atom stereocenters. The fourth-order valence-electron chi connectivity index (χ4n) is 2.49. The van der Waals surface area contributed by atoms with Crippen LogP contribution in [0.4, 0.5) is 0 Å². The number of ether oxygens (including phenoxy) is 1. The molecule has 22 heavy (non-hydrogen) atoms. The standard InChI is InChI=1S/C14H16ClN5O2/c1-10-8-22-13(11-3-2-4-12(15)5-11)6-20(10)14(21)7-19-9-16-17-18-19/h2-5,9-10,13H,6-8H2,1H3/t10-,13-/m0/s1. The predicted octanol–water partition coefficient (Wildman–Crippen LogP) is 1.32. The summed E-state index contributed by atoms with van der Waals surface area (Å²) in [6.07, 6.45) is 1.25. The number of aromatic nitrogens is 4. The second-order valence-electron chi connectivity index (χ2n) is 5.28. The minimum absolute atomic E-state index is 0.0133. The molecule has 0 radical (unpaired) electrons. The molecular weight excluding hydrogens is 306 g/mol. The van der Waals surface area contributed by atoms with Crippen LogP contribution in [0.3, 0.4) is 0 Å². The lowest BCUT2D eigenvalue weighted by Crippen LogP contribution is -2.49. The lowest BCUT2D eigenvalue weighted by molar-refractivity contribution is -0.145. The van der Waals surface area contributed by atoms with E-state index in [0.29, 0.717) is 18.2 Å². The normalized spacial score (nSPS) is 21.8. The topological polar surface area (TPSA) is 73.1 Å². The van der Waals surface area contributed by atoms with Gasteiger partial charge in [0, 0.05) is 5.02 Å². The number of halogens is 1. The highest BCUT2D eigenvalue weighted by Gasteiger charge is 2.30. The first-order chi connectivity index (χ1) is 10.6. The van der Waals surface area contributed by atoms with Crippen molar-refractivity contribution in [1.29, 1.82) is 0 Å². The Labute approximate surface area is 132 Å². The number of amides is 1. The first kappa shape index (κ1) is 14.9.